The summed E-state index contributed by atoms with van der Waals surface area (Å²) in [5.74, 6) is 0.0116. The van der Waals surface area contributed by atoms with Crippen LogP contribution in [0, 0.1) is 0 Å². The van der Waals surface area contributed by atoms with Crippen LogP contribution < -0.4 is 5.32 Å². The Labute approximate surface area is 116 Å². The largest absolute Gasteiger partial charge is 0.356 e. The van der Waals surface area contributed by atoms with E-state index in [0.29, 0.717) is 19.5 Å². The lowest BCUT2D eigenvalue weighted by molar-refractivity contribution is -0.121. The standard InChI is InChI=1S/C13H15ClN4O/c14-12-3-1-2-11(8-12)4-6-16-13(19)5-7-18-10-15-9-17-18/h1-3,8-10H,4-7H2,(H,16,19). The number of amides is 1. The van der Waals surface area contributed by atoms with Gasteiger partial charge in [0.2, 0.25) is 5.91 Å². The van der Waals surface area contributed by atoms with E-state index in [-0.39, 0.29) is 5.91 Å². The summed E-state index contributed by atoms with van der Waals surface area (Å²) in [6.45, 7) is 1.15. The molecule has 0 radical (unpaired) electrons. The Morgan fingerprint density at radius 2 is 2.32 bits per heavy atom. The highest BCUT2D eigenvalue weighted by molar-refractivity contribution is 6.30. The molecule has 100 valence electrons. The molecular formula is C13H15ClN4O. The minimum absolute atomic E-state index is 0.0116. The number of nitrogens with one attached hydrogen (secondary N) is 1. The van der Waals surface area contributed by atoms with Gasteiger partial charge in [-0.1, -0.05) is 23.7 Å². The van der Waals surface area contributed by atoms with Crippen LogP contribution in [0.15, 0.2) is 36.9 Å². The highest BCUT2D eigenvalue weighted by Crippen LogP contribution is 2.10. The molecule has 1 amide bonds. The van der Waals surface area contributed by atoms with Crippen LogP contribution in [-0.2, 0) is 17.8 Å². The van der Waals surface area contributed by atoms with Crippen molar-refractivity contribution in [1.82, 2.24) is 20.1 Å². The van der Waals surface area contributed by atoms with Crippen molar-refractivity contribution in [3.05, 3.63) is 47.5 Å². The van der Waals surface area contributed by atoms with Crippen molar-refractivity contribution in [1.29, 1.82) is 0 Å². The summed E-state index contributed by atoms with van der Waals surface area (Å²) in [5.41, 5.74) is 1.11. The molecular weight excluding hydrogens is 264 g/mol. The molecule has 1 N–H and O–H groups in total. The van der Waals surface area contributed by atoms with Gasteiger partial charge in [0.15, 0.2) is 0 Å². The van der Waals surface area contributed by atoms with Crippen molar-refractivity contribution in [2.24, 2.45) is 0 Å². The summed E-state index contributed by atoms with van der Waals surface area (Å²) in [6, 6.07) is 7.64. The lowest BCUT2D eigenvalue weighted by Gasteiger charge is -2.05. The van der Waals surface area contributed by atoms with Crippen LogP contribution in [0.25, 0.3) is 0 Å². The third-order valence-electron chi connectivity index (χ3n) is 2.66. The first-order valence-corrected chi connectivity index (χ1v) is 6.45. The summed E-state index contributed by atoms with van der Waals surface area (Å²) in [7, 11) is 0. The summed E-state index contributed by atoms with van der Waals surface area (Å²) in [4.78, 5) is 15.4. The molecule has 6 heteroatoms. The summed E-state index contributed by atoms with van der Waals surface area (Å²) >= 11 is 5.89. The van der Waals surface area contributed by atoms with Gasteiger partial charge in [-0.3, -0.25) is 9.48 Å². The molecule has 0 atom stereocenters. The fourth-order valence-corrected chi connectivity index (χ4v) is 1.90. The second kappa shape index (κ2) is 6.89. The van der Waals surface area contributed by atoms with E-state index >= 15 is 0 Å². The normalized spacial score (nSPS) is 10.4. The number of hydrogen-bond donors (Lipinski definition) is 1. The van der Waals surface area contributed by atoms with Crippen LogP contribution in [0.4, 0.5) is 0 Å². The van der Waals surface area contributed by atoms with Crippen LogP contribution >= 0.6 is 11.6 Å². The Balaban J connectivity index is 1.66. The maximum atomic E-state index is 11.6. The first-order chi connectivity index (χ1) is 9.24. The van der Waals surface area contributed by atoms with Crippen molar-refractivity contribution in [3.63, 3.8) is 0 Å². The van der Waals surface area contributed by atoms with E-state index in [1.54, 1.807) is 11.0 Å². The molecule has 19 heavy (non-hydrogen) atoms. The third kappa shape index (κ3) is 4.71. The van der Waals surface area contributed by atoms with Crippen LogP contribution in [0.1, 0.15) is 12.0 Å². The van der Waals surface area contributed by atoms with E-state index in [0.717, 1.165) is 17.0 Å². The number of halogens is 1. The number of nitrogens with zero attached hydrogens (tertiary/aromatic N) is 3. The molecule has 0 aliphatic carbocycles. The Morgan fingerprint density at radius 1 is 1.42 bits per heavy atom. The average Bonchev–Trinajstić information content (AvgIpc) is 2.89. The van der Waals surface area contributed by atoms with E-state index < -0.39 is 0 Å². The molecule has 1 aromatic carbocycles. The van der Waals surface area contributed by atoms with Gasteiger partial charge in [-0.15, -0.1) is 0 Å². The van der Waals surface area contributed by atoms with E-state index in [9.17, 15) is 4.79 Å². The van der Waals surface area contributed by atoms with E-state index in [2.05, 4.69) is 15.4 Å². The van der Waals surface area contributed by atoms with Crippen molar-refractivity contribution >= 4 is 17.5 Å². The molecule has 0 aliphatic rings. The van der Waals surface area contributed by atoms with E-state index in [1.165, 1.54) is 6.33 Å². The third-order valence-corrected chi connectivity index (χ3v) is 2.89. The molecule has 0 aliphatic heterocycles. The van der Waals surface area contributed by atoms with Crippen molar-refractivity contribution in [2.45, 2.75) is 19.4 Å². The van der Waals surface area contributed by atoms with Gasteiger partial charge in [-0.25, -0.2) is 4.98 Å². The van der Waals surface area contributed by atoms with Crippen molar-refractivity contribution in [2.75, 3.05) is 6.54 Å². The molecule has 1 heterocycles. The number of carbonyl (C=O) groups is 1. The molecule has 1 aromatic heterocycles. The molecule has 0 bridgehead atoms. The predicted octanol–water partition coefficient (Wildman–Crippen LogP) is 1.68. The van der Waals surface area contributed by atoms with Gasteiger partial charge >= 0.3 is 0 Å². The fourth-order valence-electron chi connectivity index (χ4n) is 1.69. The Morgan fingerprint density at radius 3 is 3.05 bits per heavy atom. The summed E-state index contributed by atoms with van der Waals surface area (Å²) in [5, 5.41) is 7.52. The minimum atomic E-state index is 0.0116. The highest BCUT2D eigenvalue weighted by atomic mass is 35.5. The number of aromatic nitrogens is 3. The maximum Gasteiger partial charge on any atom is 0.221 e. The predicted molar refractivity (Wildman–Crippen MR) is 72.8 cm³/mol. The van der Waals surface area contributed by atoms with Crippen molar-refractivity contribution < 1.29 is 4.79 Å². The Kier molecular flexibility index (Phi) is 4.92. The summed E-state index contributed by atoms with van der Waals surface area (Å²) < 4.78 is 1.64. The van der Waals surface area contributed by atoms with Gasteiger partial charge in [0.1, 0.15) is 12.7 Å². The van der Waals surface area contributed by atoms with Gasteiger partial charge in [-0.05, 0) is 24.1 Å². The average molecular weight is 279 g/mol. The molecule has 2 rings (SSSR count). The minimum Gasteiger partial charge on any atom is -0.356 e. The second-order valence-corrected chi connectivity index (χ2v) is 4.57. The van der Waals surface area contributed by atoms with Gasteiger partial charge in [0.05, 0.1) is 6.54 Å². The SMILES string of the molecule is O=C(CCn1cncn1)NCCc1cccc(Cl)c1. The van der Waals surface area contributed by atoms with E-state index in [1.807, 2.05) is 24.3 Å². The lowest BCUT2D eigenvalue weighted by atomic mass is 10.1. The van der Waals surface area contributed by atoms with Crippen LogP contribution in [-0.4, -0.2) is 27.2 Å². The van der Waals surface area contributed by atoms with Gasteiger partial charge < -0.3 is 5.32 Å². The van der Waals surface area contributed by atoms with Gasteiger partial charge in [-0.2, -0.15) is 5.10 Å². The number of carbonyl (C=O) groups excluding carboxylic acids is 1. The summed E-state index contributed by atoms with van der Waals surface area (Å²) in [6.07, 6.45) is 4.23. The number of hydrogen-bond acceptors (Lipinski definition) is 3. The molecule has 0 fully saturated rings. The van der Waals surface area contributed by atoms with Gasteiger partial charge in [0.25, 0.3) is 0 Å². The lowest BCUT2D eigenvalue weighted by Crippen LogP contribution is -2.26. The quantitative estimate of drug-likeness (QED) is 0.875. The zero-order valence-corrected chi connectivity index (χ0v) is 11.2. The highest BCUT2D eigenvalue weighted by Gasteiger charge is 2.02. The first-order valence-electron chi connectivity index (χ1n) is 6.07. The smallest absolute Gasteiger partial charge is 0.221 e. The molecule has 0 unspecified atom stereocenters. The zero-order chi connectivity index (χ0) is 13.5. The Bertz CT molecular complexity index is 527. The van der Waals surface area contributed by atoms with Crippen LogP contribution in [0.2, 0.25) is 5.02 Å². The van der Waals surface area contributed by atoms with Crippen molar-refractivity contribution in [3.8, 4) is 0 Å². The molecule has 0 saturated carbocycles. The fraction of sp³-hybridized carbons (Fsp3) is 0.308. The van der Waals surface area contributed by atoms with Crippen LogP contribution in [0.5, 0.6) is 0 Å². The number of rotatable bonds is 6. The van der Waals surface area contributed by atoms with Gasteiger partial charge in [0, 0.05) is 18.0 Å². The monoisotopic (exact) mass is 278 g/mol. The molecule has 2 aromatic rings. The molecule has 0 saturated heterocycles. The van der Waals surface area contributed by atoms with Crippen LogP contribution in [0.3, 0.4) is 0 Å². The number of benzene rings is 1. The second-order valence-electron chi connectivity index (χ2n) is 4.14. The topological polar surface area (TPSA) is 59.8 Å². The van der Waals surface area contributed by atoms with E-state index in [4.69, 9.17) is 11.6 Å². The molecule has 5 nitrogen and oxygen atoms in total. The maximum absolute atomic E-state index is 11.6. The first kappa shape index (κ1) is 13.5. The zero-order valence-electron chi connectivity index (χ0n) is 10.4. The Hall–Kier alpha value is -1.88. The number of aryl methyl sites for hydroxylation is 1. The molecule has 0 spiro atoms.